The van der Waals surface area contributed by atoms with Gasteiger partial charge in [-0.05, 0) is 47.4 Å². The van der Waals surface area contributed by atoms with E-state index in [1.54, 1.807) is 43.4 Å². The number of nitro benzene ring substituents is 1. The molecule has 3 aromatic carbocycles. The Morgan fingerprint density at radius 1 is 1.11 bits per heavy atom. The van der Waals surface area contributed by atoms with Crippen molar-refractivity contribution in [3.8, 4) is 16.9 Å². The Morgan fingerprint density at radius 2 is 1.82 bits per heavy atom. The number of nitrogens with zero attached hydrogens (tertiary/aromatic N) is 2. The predicted octanol–water partition coefficient (Wildman–Crippen LogP) is 5.17. The number of phenolic OH excluding ortho intramolecular Hbond substituents is 1. The van der Waals surface area contributed by atoms with Gasteiger partial charge in [-0.15, -0.1) is 12.4 Å². The van der Waals surface area contributed by atoms with E-state index in [1.165, 1.54) is 30.5 Å². The second kappa shape index (κ2) is 9.10. The van der Waals surface area contributed by atoms with Crippen molar-refractivity contribution >= 4 is 24.3 Å². The first-order valence-corrected chi connectivity index (χ1v) is 8.25. The molecule has 0 unspecified atom stereocenters. The molecule has 3 aromatic rings. The zero-order chi connectivity index (χ0) is 19.4. The van der Waals surface area contributed by atoms with Crippen LogP contribution in [0.2, 0.25) is 0 Å². The number of hydrogen-bond acceptors (Lipinski definition) is 4. The Bertz CT molecular complexity index is 1020. The Kier molecular flexibility index (Phi) is 6.84. The standard InChI is InChI=1S/C21H17FN2O3.ClH/c1-23-13-17-10-15(9-14-5-7-18(22)8-6-14)11-20(21(17)25)16-3-2-4-19(12-16)24(26)27;/h2-8,10-13,25H,9H2,1H3;1H. The maximum Gasteiger partial charge on any atom is 0.270 e. The summed E-state index contributed by atoms with van der Waals surface area (Å²) in [7, 11) is 1.60. The largest absolute Gasteiger partial charge is 0.507 e. The van der Waals surface area contributed by atoms with Gasteiger partial charge in [0.2, 0.25) is 0 Å². The summed E-state index contributed by atoms with van der Waals surface area (Å²) in [5.74, 6) is -0.301. The van der Waals surface area contributed by atoms with Gasteiger partial charge in [-0.1, -0.05) is 24.3 Å². The lowest BCUT2D eigenvalue weighted by Crippen LogP contribution is -1.95. The van der Waals surface area contributed by atoms with Gasteiger partial charge >= 0.3 is 0 Å². The van der Waals surface area contributed by atoms with Gasteiger partial charge in [0.25, 0.3) is 5.69 Å². The smallest absolute Gasteiger partial charge is 0.270 e. The lowest BCUT2D eigenvalue weighted by atomic mass is 9.95. The minimum Gasteiger partial charge on any atom is -0.507 e. The Balaban J connectivity index is 0.00000280. The number of non-ortho nitro benzene ring substituents is 1. The molecule has 0 aromatic heterocycles. The molecule has 0 atom stereocenters. The molecule has 0 aliphatic carbocycles. The molecule has 0 aliphatic rings. The van der Waals surface area contributed by atoms with E-state index in [0.717, 1.165) is 11.1 Å². The number of hydrogen-bond donors (Lipinski definition) is 1. The molecule has 0 amide bonds. The third kappa shape index (κ3) is 4.72. The molecule has 28 heavy (non-hydrogen) atoms. The monoisotopic (exact) mass is 400 g/mol. The van der Waals surface area contributed by atoms with Crippen LogP contribution in [0.3, 0.4) is 0 Å². The van der Waals surface area contributed by atoms with Gasteiger partial charge in [-0.3, -0.25) is 15.1 Å². The summed E-state index contributed by atoms with van der Waals surface area (Å²) < 4.78 is 13.1. The normalized spacial score (nSPS) is 10.6. The van der Waals surface area contributed by atoms with Crippen LogP contribution in [0.15, 0.2) is 65.7 Å². The topological polar surface area (TPSA) is 75.7 Å². The molecular formula is C21H18ClFN2O3. The molecule has 0 fully saturated rings. The van der Waals surface area contributed by atoms with Crippen molar-refractivity contribution in [2.24, 2.45) is 4.99 Å². The van der Waals surface area contributed by atoms with E-state index in [4.69, 9.17) is 0 Å². The summed E-state index contributed by atoms with van der Waals surface area (Å²) in [5.41, 5.74) is 3.25. The second-order valence-corrected chi connectivity index (χ2v) is 6.08. The fraction of sp³-hybridized carbons (Fsp3) is 0.0952. The van der Waals surface area contributed by atoms with E-state index in [2.05, 4.69) is 4.99 Å². The fourth-order valence-corrected chi connectivity index (χ4v) is 2.90. The van der Waals surface area contributed by atoms with Crippen molar-refractivity contribution in [2.75, 3.05) is 7.05 Å². The average molecular weight is 401 g/mol. The molecule has 0 saturated carbocycles. The van der Waals surface area contributed by atoms with Crippen LogP contribution < -0.4 is 0 Å². The lowest BCUT2D eigenvalue weighted by Gasteiger charge is -2.12. The third-order valence-electron chi connectivity index (χ3n) is 4.16. The quantitative estimate of drug-likeness (QED) is 0.364. The summed E-state index contributed by atoms with van der Waals surface area (Å²) in [6.07, 6.45) is 2.05. The zero-order valence-electron chi connectivity index (χ0n) is 15.0. The molecule has 0 bridgehead atoms. The molecule has 7 heteroatoms. The zero-order valence-corrected chi connectivity index (χ0v) is 15.8. The van der Waals surface area contributed by atoms with Gasteiger partial charge in [-0.2, -0.15) is 0 Å². The van der Waals surface area contributed by atoms with Crippen molar-refractivity contribution < 1.29 is 14.4 Å². The SMILES string of the molecule is CN=Cc1cc(Cc2ccc(F)cc2)cc(-c2cccc([N+](=O)[O-])c2)c1O.Cl. The molecule has 1 N–H and O–H groups in total. The van der Waals surface area contributed by atoms with Crippen LogP contribution in [0.5, 0.6) is 5.75 Å². The Morgan fingerprint density at radius 3 is 2.46 bits per heavy atom. The Hall–Kier alpha value is -3.25. The van der Waals surface area contributed by atoms with E-state index in [-0.39, 0.29) is 29.7 Å². The summed E-state index contributed by atoms with van der Waals surface area (Å²) in [6, 6.07) is 15.9. The van der Waals surface area contributed by atoms with E-state index in [1.807, 2.05) is 0 Å². The van der Waals surface area contributed by atoms with Crippen LogP contribution in [-0.4, -0.2) is 23.3 Å². The highest BCUT2D eigenvalue weighted by Gasteiger charge is 2.14. The fourth-order valence-electron chi connectivity index (χ4n) is 2.90. The molecule has 144 valence electrons. The maximum absolute atomic E-state index is 13.1. The first-order chi connectivity index (χ1) is 13.0. The van der Waals surface area contributed by atoms with Gasteiger partial charge in [0.1, 0.15) is 11.6 Å². The van der Waals surface area contributed by atoms with Crippen LogP contribution in [0, 0.1) is 15.9 Å². The number of phenols is 1. The van der Waals surface area contributed by atoms with E-state index in [0.29, 0.717) is 23.1 Å². The highest BCUT2D eigenvalue weighted by molar-refractivity contribution is 5.89. The van der Waals surface area contributed by atoms with Crippen LogP contribution in [0.1, 0.15) is 16.7 Å². The molecule has 3 rings (SSSR count). The molecule has 0 radical (unpaired) electrons. The minimum absolute atomic E-state index is 0. The number of halogens is 2. The van der Waals surface area contributed by atoms with Crippen molar-refractivity contribution in [1.82, 2.24) is 0 Å². The summed E-state index contributed by atoms with van der Waals surface area (Å²) in [4.78, 5) is 14.6. The average Bonchev–Trinajstić information content (AvgIpc) is 2.66. The van der Waals surface area contributed by atoms with Crippen molar-refractivity contribution in [3.05, 3.63) is 93.3 Å². The number of nitro groups is 1. The van der Waals surface area contributed by atoms with Gasteiger partial charge < -0.3 is 5.11 Å². The molecule has 0 spiro atoms. The van der Waals surface area contributed by atoms with Gasteiger partial charge in [0.15, 0.2) is 0 Å². The van der Waals surface area contributed by atoms with Gasteiger partial charge in [0, 0.05) is 36.5 Å². The van der Waals surface area contributed by atoms with Crippen molar-refractivity contribution in [3.63, 3.8) is 0 Å². The molecule has 0 aliphatic heterocycles. The number of benzene rings is 3. The first kappa shape index (κ1) is 21.1. The lowest BCUT2D eigenvalue weighted by molar-refractivity contribution is -0.384. The Labute approximate surface area is 167 Å². The van der Waals surface area contributed by atoms with Crippen LogP contribution >= 0.6 is 12.4 Å². The number of aromatic hydroxyl groups is 1. The van der Waals surface area contributed by atoms with Gasteiger partial charge in [0.05, 0.1) is 4.92 Å². The highest BCUT2D eigenvalue weighted by Crippen LogP contribution is 2.35. The molecule has 5 nitrogen and oxygen atoms in total. The summed E-state index contributed by atoms with van der Waals surface area (Å²) >= 11 is 0. The number of rotatable bonds is 5. The maximum atomic E-state index is 13.1. The van der Waals surface area contributed by atoms with Gasteiger partial charge in [-0.25, -0.2) is 4.39 Å². The first-order valence-electron chi connectivity index (χ1n) is 8.25. The predicted molar refractivity (Wildman–Crippen MR) is 110 cm³/mol. The summed E-state index contributed by atoms with van der Waals surface area (Å²) in [6.45, 7) is 0. The minimum atomic E-state index is -0.475. The molecule has 0 saturated heterocycles. The van der Waals surface area contributed by atoms with E-state index < -0.39 is 4.92 Å². The van der Waals surface area contributed by atoms with Crippen LogP contribution in [0.4, 0.5) is 10.1 Å². The second-order valence-electron chi connectivity index (χ2n) is 6.08. The van der Waals surface area contributed by atoms with Crippen molar-refractivity contribution in [2.45, 2.75) is 6.42 Å². The van der Waals surface area contributed by atoms with Crippen LogP contribution in [0.25, 0.3) is 11.1 Å². The number of aliphatic imine (C=N–C) groups is 1. The molecule has 0 heterocycles. The van der Waals surface area contributed by atoms with E-state index in [9.17, 15) is 19.6 Å². The van der Waals surface area contributed by atoms with Crippen molar-refractivity contribution in [1.29, 1.82) is 0 Å². The molecular weight excluding hydrogens is 383 g/mol. The van der Waals surface area contributed by atoms with E-state index >= 15 is 0 Å². The summed E-state index contributed by atoms with van der Waals surface area (Å²) in [5, 5.41) is 21.7. The van der Waals surface area contributed by atoms with Crippen LogP contribution in [-0.2, 0) is 6.42 Å². The highest BCUT2D eigenvalue weighted by atomic mass is 35.5. The third-order valence-corrected chi connectivity index (χ3v) is 4.16.